The molecule has 110 valence electrons. The van der Waals surface area contributed by atoms with Crippen LogP contribution in [0, 0.1) is 5.82 Å². The predicted octanol–water partition coefficient (Wildman–Crippen LogP) is 4.47. The number of para-hydroxylation sites is 1. The average molecular weight is 307 g/mol. The van der Waals surface area contributed by atoms with Crippen molar-refractivity contribution in [1.29, 1.82) is 0 Å². The molecule has 0 spiro atoms. The van der Waals surface area contributed by atoms with E-state index in [9.17, 15) is 9.50 Å². The second-order valence-electron chi connectivity index (χ2n) is 5.29. The van der Waals surface area contributed by atoms with E-state index in [1.807, 2.05) is 24.3 Å². The van der Waals surface area contributed by atoms with Crippen LogP contribution in [0.3, 0.4) is 0 Å². The van der Waals surface area contributed by atoms with Gasteiger partial charge in [0.05, 0.1) is 12.7 Å². The molecule has 2 nitrogen and oxygen atoms in total. The number of aliphatic hydroxyl groups excluding tert-OH is 1. The van der Waals surface area contributed by atoms with Gasteiger partial charge in [-0.05, 0) is 48.1 Å². The zero-order chi connectivity index (χ0) is 14.8. The summed E-state index contributed by atoms with van der Waals surface area (Å²) < 4.78 is 18.7. The first-order valence-electron chi connectivity index (χ1n) is 7.00. The number of rotatable bonds is 3. The molecule has 0 saturated heterocycles. The summed E-state index contributed by atoms with van der Waals surface area (Å²) in [5.41, 5.74) is 1.68. The quantitative estimate of drug-likeness (QED) is 0.906. The standard InChI is InChI=1S/C17H16ClFO2/c18-15-10-12(19)5-6-14(15)16(20)9-11-7-8-21-17-4-2-1-3-13(11)17/h1-6,10-11,16,20H,7-9H2. The van der Waals surface area contributed by atoms with E-state index in [1.165, 1.54) is 12.1 Å². The predicted molar refractivity (Wildman–Crippen MR) is 80.3 cm³/mol. The fourth-order valence-corrected chi connectivity index (χ4v) is 3.12. The van der Waals surface area contributed by atoms with Gasteiger partial charge in [0.1, 0.15) is 11.6 Å². The smallest absolute Gasteiger partial charge is 0.124 e. The number of benzene rings is 2. The molecule has 1 aliphatic heterocycles. The van der Waals surface area contributed by atoms with E-state index in [0.29, 0.717) is 18.6 Å². The molecular formula is C17H16ClFO2. The summed E-state index contributed by atoms with van der Waals surface area (Å²) in [4.78, 5) is 0. The van der Waals surface area contributed by atoms with E-state index in [2.05, 4.69) is 0 Å². The zero-order valence-corrected chi connectivity index (χ0v) is 12.2. The minimum atomic E-state index is -0.714. The Bertz CT molecular complexity index is 644. The van der Waals surface area contributed by atoms with E-state index in [4.69, 9.17) is 16.3 Å². The van der Waals surface area contributed by atoms with E-state index in [1.54, 1.807) is 6.07 Å². The number of aliphatic hydroxyl groups is 1. The molecule has 1 N–H and O–H groups in total. The van der Waals surface area contributed by atoms with Crippen LogP contribution in [-0.2, 0) is 0 Å². The van der Waals surface area contributed by atoms with Gasteiger partial charge in [0.15, 0.2) is 0 Å². The molecule has 0 aliphatic carbocycles. The minimum Gasteiger partial charge on any atom is -0.493 e. The topological polar surface area (TPSA) is 29.5 Å². The lowest BCUT2D eigenvalue weighted by atomic mass is 9.86. The Hall–Kier alpha value is -1.58. The Balaban J connectivity index is 1.81. The zero-order valence-electron chi connectivity index (χ0n) is 11.4. The SMILES string of the molecule is OC(CC1CCOc2ccccc21)c1ccc(F)cc1Cl. The van der Waals surface area contributed by atoms with Crippen LogP contribution in [0.4, 0.5) is 4.39 Å². The first-order valence-corrected chi connectivity index (χ1v) is 7.37. The molecule has 2 aromatic carbocycles. The molecule has 2 atom stereocenters. The molecule has 0 radical (unpaired) electrons. The van der Waals surface area contributed by atoms with Gasteiger partial charge in [0.2, 0.25) is 0 Å². The summed E-state index contributed by atoms with van der Waals surface area (Å²) in [6, 6.07) is 12.0. The maximum atomic E-state index is 13.1. The van der Waals surface area contributed by atoms with Crippen LogP contribution in [0.25, 0.3) is 0 Å². The second kappa shape index (κ2) is 6.04. The van der Waals surface area contributed by atoms with Crippen molar-refractivity contribution in [2.75, 3.05) is 6.61 Å². The van der Waals surface area contributed by atoms with Crippen molar-refractivity contribution < 1.29 is 14.2 Å². The number of halogens is 2. The Morgan fingerprint density at radius 3 is 2.90 bits per heavy atom. The fourth-order valence-electron chi connectivity index (χ4n) is 2.83. The third-order valence-corrected chi connectivity index (χ3v) is 4.24. The molecule has 1 heterocycles. The summed E-state index contributed by atoms with van der Waals surface area (Å²) in [6.45, 7) is 0.644. The van der Waals surface area contributed by atoms with Gasteiger partial charge in [-0.25, -0.2) is 4.39 Å². The Labute approximate surface area is 128 Å². The first kappa shape index (κ1) is 14.4. The van der Waals surface area contributed by atoms with Crippen molar-refractivity contribution in [2.24, 2.45) is 0 Å². The summed E-state index contributed by atoms with van der Waals surface area (Å²) >= 11 is 6.02. The number of ether oxygens (including phenoxy) is 1. The maximum Gasteiger partial charge on any atom is 0.124 e. The Kier molecular flexibility index (Phi) is 4.13. The van der Waals surface area contributed by atoms with Crippen molar-refractivity contribution in [1.82, 2.24) is 0 Å². The van der Waals surface area contributed by atoms with Gasteiger partial charge < -0.3 is 9.84 Å². The van der Waals surface area contributed by atoms with Gasteiger partial charge in [-0.15, -0.1) is 0 Å². The van der Waals surface area contributed by atoms with Gasteiger partial charge in [-0.3, -0.25) is 0 Å². The van der Waals surface area contributed by atoms with Crippen molar-refractivity contribution in [3.63, 3.8) is 0 Å². The summed E-state index contributed by atoms with van der Waals surface area (Å²) in [5.74, 6) is 0.699. The molecule has 4 heteroatoms. The Morgan fingerprint density at radius 2 is 2.10 bits per heavy atom. The normalized spacial score (nSPS) is 18.7. The highest BCUT2D eigenvalue weighted by Gasteiger charge is 2.25. The van der Waals surface area contributed by atoms with Crippen LogP contribution in [-0.4, -0.2) is 11.7 Å². The fraction of sp³-hybridized carbons (Fsp3) is 0.294. The number of fused-ring (bicyclic) bond motifs is 1. The Morgan fingerprint density at radius 1 is 1.29 bits per heavy atom. The monoisotopic (exact) mass is 306 g/mol. The lowest BCUT2D eigenvalue weighted by Gasteiger charge is -2.27. The summed E-state index contributed by atoms with van der Waals surface area (Å²) in [7, 11) is 0. The molecule has 0 aromatic heterocycles. The molecule has 0 saturated carbocycles. The van der Waals surface area contributed by atoms with Crippen molar-refractivity contribution in [3.05, 3.63) is 64.4 Å². The third kappa shape index (κ3) is 3.04. The summed E-state index contributed by atoms with van der Waals surface area (Å²) in [6.07, 6.45) is 0.688. The highest BCUT2D eigenvalue weighted by molar-refractivity contribution is 6.31. The van der Waals surface area contributed by atoms with E-state index < -0.39 is 11.9 Å². The lowest BCUT2D eigenvalue weighted by molar-refractivity contribution is 0.145. The van der Waals surface area contributed by atoms with E-state index in [0.717, 1.165) is 17.7 Å². The third-order valence-electron chi connectivity index (χ3n) is 3.91. The number of hydrogen-bond acceptors (Lipinski definition) is 2. The minimum absolute atomic E-state index is 0.214. The van der Waals surface area contributed by atoms with Crippen molar-refractivity contribution in [3.8, 4) is 5.75 Å². The van der Waals surface area contributed by atoms with Crippen LogP contribution in [0.15, 0.2) is 42.5 Å². The number of hydrogen-bond donors (Lipinski definition) is 1. The maximum absolute atomic E-state index is 13.1. The van der Waals surface area contributed by atoms with Crippen molar-refractivity contribution in [2.45, 2.75) is 24.9 Å². The molecule has 2 aromatic rings. The first-order chi connectivity index (χ1) is 10.1. The molecule has 0 fully saturated rings. The molecule has 0 bridgehead atoms. The van der Waals surface area contributed by atoms with Crippen LogP contribution < -0.4 is 4.74 Å². The molecular weight excluding hydrogens is 291 g/mol. The van der Waals surface area contributed by atoms with Crippen LogP contribution in [0.2, 0.25) is 5.02 Å². The molecule has 0 amide bonds. The van der Waals surface area contributed by atoms with Crippen molar-refractivity contribution >= 4 is 11.6 Å². The van der Waals surface area contributed by atoms with Gasteiger partial charge in [0.25, 0.3) is 0 Å². The highest BCUT2D eigenvalue weighted by atomic mass is 35.5. The largest absolute Gasteiger partial charge is 0.493 e. The van der Waals surface area contributed by atoms with Crippen LogP contribution in [0.1, 0.15) is 36.0 Å². The average Bonchev–Trinajstić information content (AvgIpc) is 2.47. The summed E-state index contributed by atoms with van der Waals surface area (Å²) in [5, 5.41) is 10.7. The molecule has 3 rings (SSSR count). The van der Waals surface area contributed by atoms with Gasteiger partial charge in [0, 0.05) is 5.02 Å². The molecule has 2 unspecified atom stereocenters. The molecule has 1 aliphatic rings. The highest BCUT2D eigenvalue weighted by Crippen LogP contribution is 2.39. The van der Waals surface area contributed by atoms with Gasteiger partial charge >= 0.3 is 0 Å². The second-order valence-corrected chi connectivity index (χ2v) is 5.70. The van der Waals surface area contributed by atoms with Gasteiger partial charge in [-0.2, -0.15) is 0 Å². The van der Waals surface area contributed by atoms with Crippen LogP contribution >= 0.6 is 11.6 Å². The lowest BCUT2D eigenvalue weighted by Crippen LogP contribution is -2.16. The van der Waals surface area contributed by atoms with Gasteiger partial charge in [-0.1, -0.05) is 35.9 Å². The van der Waals surface area contributed by atoms with E-state index >= 15 is 0 Å². The van der Waals surface area contributed by atoms with E-state index in [-0.39, 0.29) is 10.9 Å². The molecule has 21 heavy (non-hydrogen) atoms. The van der Waals surface area contributed by atoms with Crippen LogP contribution in [0.5, 0.6) is 5.75 Å².